The number of hydrogen-bond acceptors (Lipinski definition) is 4. The summed E-state index contributed by atoms with van der Waals surface area (Å²) in [5.41, 5.74) is 0. The Bertz CT molecular complexity index is 536. The molecule has 0 amide bonds. The molecule has 0 aromatic rings. The van der Waals surface area contributed by atoms with Crippen molar-refractivity contribution in [3.8, 4) is 0 Å². The maximum Gasteiger partial charge on any atom is 0.362 e. The van der Waals surface area contributed by atoms with E-state index < -0.39 is 40.5 Å². The van der Waals surface area contributed by atoms with Crippen LogP contribution in [0.25, 0.3) is 0 Å². The van der Waals surface area contributed by atoms with Crippen LogP contribution in [0.15, 0.2) is 12.7 Å². The zero-order valence-corrected chi connectivity index (χ0v) is 21.1. The summed E-state index contributed by atoms with van der Waals surface area (Å²) in [7, 11) is 0. The van der Waals surface area contributed by atoms with Crippen molar-refractivity contribution in [2.45, 2.75) is 129 Å². The standard InChI is InChI=1S/C26H47NO6/c1-5-9-10-11-12-13-14-15-16-17-18-19-20-27(21(6-2)24(28)29,22(7-3)25(30)31)23(8-4)26(32)33/h5,21-23H,1,6-20H2,2-4H3,(H2-,28,29,30,31,32,33). The van der Waals surface area contributed by atoms with Crippen LogP contribution in [0, 0.1) is 0 Å². The van der Waals surface area contributed by atoms with Gasteiger partial charge in [0, 0.05) is 19.3 Å². The quantitative estimate of drug-likeness (QED) is 0.137. The van der Waals surface area contributed by atoms with Crippen molar-refractivity contribution in [2.75, 3.05) is 6.54 Å². The Morgan fingerprint density at radius 3 is 1.39 bits per heavy atom. The number of carbonyl (C=O) groups excluding carboxylic acids is 1. The lowest BCUT2D eigenvalue weighted by Gasteiger charge is -2.51. The molecule has 0 spiro atoms. The maximum atomic E-state index is 12.2. The Labute approximate surface area is 200 Å². The molecule has 0 saturated heterocycles. The monoisotopic (exact) mass is 469 g/mol. The average Bonchev–Trinajstić information content (AvgIpc) is 2.75. The van der Waals surface area contributed by atoms with E-state index in [9.17, 15) is 29.7 Å². The van der Waals surface area contributed by atoms with Crippen molar-refractivity contribution < 1.29 is 34.2 Å². The molecule has 0 bridgehead atoms. The molecule has 7 heteroatoms. The minimum Gasteiger partial charge on any atom is -0.544 e. The van der Waals surface area contributed by atoms with Crippen LogP contribution in [0.1, 0.15) is 111 Å². The third kappa shape index (κ3) is 9.86. The van der Waals surface area contributed by atoms with Gasteiger partial charge in [-0.15, -0.1) is 6.58 Å². The molecule has 192 valence electrons. The normalized spacial score (nSPS) is 15.8. The predicted molar refractivity (Wildman–Crippen MR) is 129 cm³/mol. The first-order valence-electron chi connectivity index (χ1n) is 12.9. The van der Waals surface area contributed by atoms with Gasteiger partial charge in [-0.05, 0) is 25.7 Å². The summed E-state index contributed by atoms with van der Waals surface area (Å²) in [6.45, 7) is 8.97. The van der Waals surface area contributed by atoms with E-state index in [1.54, 1.807) is 20.8 Å². The molecule has 0 rings (SSSR count). The van der Waals surface area contributed by atoms with E-state index in [0.29, 0.717) is 6.42 Å². The molecule has 0 heterocycles. The van der Waals surface area contributed by atoms with Crippen LogP contribution < -0.4 is 5.11 Å². The molecule has 2 N–H and O–H groups in total. The molecular formula is C26H47NO6. The maximum absolute atomic E-state index is 12.2. The molecule has 3 atom stereocenters. The van der Waals surface area contributed by atoms with Crippen LogP contribution in [-0.4, -0.2) is 57.3 Å². The molecular weight excluding hydrogens is 422 g/mol. The fourth-order valence-corrected chi connectivity index (χ4v) is 5.35. The van der Waals surface area contributed by atoms with E-state index in [0.717, 1.165) is 32.1 Å². The number of carbonyl (C=O) groups is 3. The van der Waals surface area contributed by atoms with Gasteiger partial charge in [-0.2, -0.15) is 0 Å². The van der Waals surface area contributed by atoms with Crippen molar-refractivity contribution in [2.24, 2.45) is 0 Å². The first kappa shape index (κ1) is 31.1. The van der Waals surface area contributed by atoms with Gasteiger partial charge < -0.3 is 20.1 Å². The van der Waals surface area contributed by atoms with Crippen LogP contribution in [0.5, 0.6) is 0 Å². The van der Waals surface area contributed by atoms with E-state index in [1.165, 1.54) is 32.1 Å². The Hall–Kier alpha value is -1.89. The fraction of sp³-hybridized carbons (Fsp3) is 0.808. The number of quaternary nitrogens is 1. The lowest BCUT2D eigenvalue weighted by atomic mass is 9.93. The molecule has 0 aromatic heterocycles. The molecule has 0 radical (unpaired) electrons. The van der Waals surface area contributed by atoms with Crippen molar-refractivity contribution >= 4 is 17.9 Å². The highest BCUT2D eigenvalue weighted by Gasteiger charge is 2.53. The van der Waals surface area contributed by atoms with Crippen LogP contribution in [0.4, 0.5) is 0 Å². The molecule has 0 fully saturated rings. The molecule has 0 saturated carbocycles. The van der Waals surface area contributed by atoms with E-state index in [2.05, 4.69) is 6.58 Å². The van der Waals surface area contributed by atoms with Gasteiger partial charge in [0.05, 0.1) is 12.5 Å². The SMILES string of the molecule is C=CCCCCCCCCCCCC[N+](C(CC)C(=O)[O-])(C(CC)C(=O)O)C(CC)C(=O)O. The van der Waals surface area contributed by atoms with Crippen LogP contribution in [-0.2, 0) is 14.4 Å². The summed E-state index contributed by atoms with van der Waals surface area (Å²) in [4.78, 5) is 36.4. The van der Waals surface area contributed by atoms with Crippen LogP contribution in [0.2, 0.25) is 0 Å². The Balaban J connectivity index is 5.15. The van der Waals surface area contributed by atoms with Crippen molar-refractivity contribution in [1.29, 1.82) is 0 Å². The molecule has 0 aliphatic carbocycles. The van der Waals surface area contributed by atoms with E-state index >= 15 is 0 Å². The summed E-state index contributed by atoms with van der Waals surface area (Å²) < 4.78 is -0.471. The lowest BCUT2D eigenvalue weighted by molar-refractivity contribution is -0.974. The van der Waals surface area contributed by atoms with Gasteiger partial charge in [-0.25, -0.2) is 9.59 Å². The zero-order chi connectivity index (χ0) is 25.3. The first-order valence-corrected chi connectivity index (χ1v) is 12.9. The summed E-state index contributed by atoms with van der Waals surface area (Å²) >= 11 is 0. The summed E-state index contributed by atoms with van der Waals surface area (Å²) in [6.07, 6.45) is 14.3. The minimum atomic E-state index is -1.37. The third-order valence-corrected chi connectivity index (χ3v) is 6.95. The average molecular weight is 470 g/mol. The number of unbranched alkanes of at least 4 members (excludes halogenated alkanes) is 10. The van der Waals surface area contributed by atoms with Gasteiger partial charge in [-0.3, -0.25) is 4.48 Å². The number of carboxylic acid groups (broad SMARTS) is 3. The van der Waals surface area contributed by atoms with Gasteiger partial charge in [0.15, 0.2) is 12.1 Å². The third-order valence-electron chi connectivity index (χ3n) is 6.95. The molecule has 0 aliphatic rings. The van der Waals surface area contributed by atoms with Crippen molar-refractivity contribution in [1.82, 2.24) is 0 Å². The van der Waals surface area contributed by atoms with Gasteiger partial charge in [-0.1, -0.05) is 71.8 Å². The number of hydrogen-bond donors (Lipinski definition) is 2. The number of rotatable bonds is 22. The largest absolute Gasteiger partial charge is 0.544 e. The Kier molecular flexibility index (Phi) is 16.6. The highest BCUT2D eigenvalue weighted by molar-refractivity contribution is 5.77. The smallest absolute Gasteiger partial charge is 0.362 e. The molecule has 7 nitrogen and oxygen atoms in total. The predicted octanol–water partition coefficient (Wildman–Crippen LogP) is 4.54. The molecule has 3 unspecified atom stereocenters. The van der Waals surface area contributed by atoms with Gasteiger partial charge in [0.25, 0.3) is 0 Å². The minimum absolute atomic E-state index is 0.128. The summed E-state index contributed by atoms with van der Waals surface area (Å²) in [6, 6.07) is -3.38. The second-order valence-corrected chi connectivity index (χ2v) is 9.10. The highest BCUT2D eigenvalue weighted by Crippen LogP contribution is 2.32. The number of aliphatic carboxylic acids is 3. The number of nitrogens with zero attached hydrogens (tertiary/aromatic N) is 1. The van der Waals surface area contributed by atoms with Crippen molar-refractivity contribution in [3.63, 3.8) is 0 Å². The summed E-state index contributed by atoms with van der Waals surface area (Å²) in [5.74, 6) is -3.67. The van der Waals surface area contributed by atoms with E-state index in [4.69, 9.17) is 0 Å². The van der Waals surface area contributed by atoms with Gasteiger partial charge >= 0.3 is 11.9 Å². The molecule has 0 aliphatic heterocycles. The summed E-state index contributed by atoms with van der Waals surface area (Å²) in [5, 5.41) is 31.9. The van der Waals surface area contributed by atoms with Crippen molar-refractivity contribution in [3.05, 3.63) is 12.7 Å². The number of allylic oxidation sites excluding steroid dienone is 1. The lowest BCUT2D eigenvalue weighted by Crippen LogP contribution is -2.73. The Morgan fingerprint density at radius 1 is 0.727 bits per heavy atom. The number of carboxylic acids is 3. The fourth-order valence-electron chi connectivity index (χ4n) is 5.35. The van der Waals surface area contributed by atoms with E-state index in [-0.39, 0.29) is 25.8 Å². The van der Waals surface area contributed by atoms with Crippen LogP contribution >= 0.6 is 0 Å². The highest BCUT2D eigenvalue weighted by atomic mass is 16.4. The Morgan fingerprint density at radius 2 is 1.09 bits per heavy atom. The topological polar surface area (TPSA) is 115 Å². The van der Waals surface area contributed by atoms with Gasteiger partial charge in [0.2, 0.25) is 0 Å². The second kappa shape index (κ2) is 17.6. The molecule has 0 aromatic carbocycles. The van der Waals surface area contributed by atoms with Crippen LogP contribution in [0.3, 0.4) is 0 Å². The van der Waals surface area contributed by atoms with E-state index in [1.807, 2.05) is 6.08 Å². The molecule has 33 heavy (non-hydrogen) atoms. The van der Waals surface area contributed by atoms with Gasteiger partial charge in [0.1, 0.15) is 6.04 Å². The first-order chi connectivity index (χ1) is 15.7. The zero-order valence-electron chi connectivity index (χ0n) is 21.1. The second-order valence-electron chi connectivity index (χ2n) is 9.10.